The van der Waals surface area contributed by atoms with Crippen molar-refractivity contribution in [3.05, 3.63) is 23.5 Å². The van der Waals surface area contributed by atoms with Gasteiger partial charge in [-0.15, -0.1) is 13.2 Å². The maximum absolute atomic E-state index is 12.8. The molecule has 0 fully saturated rings. The fraction of sp³-hybridized carbons (Fsp3) is 0.250. The van der Waals surface area contributed by atoms with Crippen molar-refractivity contribution in [1.82, 2.24) is 0 Å². The van der Waals surface area contributed by atoms with Gasteiger partial charge >= 0.3 is 6.36 Å². The van der Waals surface area contributed by atoms with E-state index in [1.807, 2.05) is 0 Å². The van der Waals surface area contributed by atoms with E-state index in [4.69, 9.17) is 5.73 Å². The summed E-state index contributed by atoms with van der Waals surface area (Å²) in [4.78, 5) is 0. The van der Waals surface area contributed by atoms with Crippen LogP contribution < -0.4 is 10.5 Å². The molecule has 0 aliphatic carbocycles. The van der Waals surface area contributed by atoms with Gasteiger partial charge in [0.25, 0.3) is 0 Å². The summed E-state index contributed by atoms with van der Waals surface area (Å²) in [7, 11) is 0. The van der Waals surface area contributed by atoms with E-state index in [1.54, 1.807) is 0 Å². The van der Waals surface area contributed by atoms with Crippen molar-refractivity contribution in [2.75, 3.05) is 5.73 Å². The number of hydrogen-bond acceptors (Lipinski definition) is 2. The monoisotopic (exact) mass is 209 g/mol. The molecule has 0 heterocycles. The summed E-state index contributed by atoms with van der Waals surface area (Å²) in [5, 5.41) is 0. The molecule has 0 aliphatic heterocycles. The summed E-state index contributed by atoms with van der Waals surface area (Å²) < 4.78 is 51.7. The first-order valence-electron chi connectivity index (χ1n) is 3.61. The molecule has 6 heteroatoms. The maximum Gasteiger partial charge on any atom is 0.573 e. The van der Waals surface area contributed by atoms with E-state index in [-0.39, 0.29) is 11.3 Å². The average molecular weight is 209 g/mol. The highest BCUT2D eigenvalue weighted by atomic mass is 19.4. The van der Waals surface area contributed by atoms with Crippen LogP contribution >= 0.6 is 0 Å². The highest BCUT2D eigenvalue weighted by molar-refractivity contribution is 5.48. The molecule has 0 atom stereocenters. The smallest absolute Gasteiger partial charge is 0.405 e. The lowest BCUT2D eigenvalue weighted by Gasteiger charge is -2.11. The average Bonchev–Trinajstić information content (AvgIpc) is 1.97. The van der Waals surface area contributed by atoms with Gasteiger partial charge in [-0.2, -0.15) is 0 Å². The summed E-state index contributed by atoms with van der Waals surface area (Å²) in [6, 6.07) is 1.69. The second-order valence-electron chi connectivity index (χ2n) is 2.69. The minimum Gasteiger partial charge on any atom is -0.405 e. The number of rotatable bonds is 1. The summed E-state index contributed by atoms with van der Waals surface area (Å²) >= 11 is 0. The van der Waals surface area contributed by atoms with E-state index in [1.165, 1.54) is 6.92 Å². The lowest BCUT2D eigenvalue weighted by Crippen LogP contribution is -2.18. The first kappa shape index (κ1) is 10.6. The van der Waals surface area contributed by atoms with E-state index in [2.05, 4.69) is 4.74 Å². The quantitative estimate of drug-likeness (QED) is 0.570. The lowest BCUT2D eigenvalue weighted by atomic mass is 10.2. The first-order chi connectivity index (χ1) is 6.29. The van der Waals surface area contributed by atoms with E-state index >= 15 is 0 Å². The minimum absolute atomic E-state index is 0.126. The zero-order valence-corrected chi connectivity index (χ0v) is 7.15. The molecule has 2 nitrogen and oxygen atoms in total. The van der Waals surface area contributed by atoms with Crippen LogP contribution in [0.2, 0.25) is 0 Å². The van der Waals surface area contributed by atoms with Crippen molar-refractivity contribution < 1.29 is 22.3 Å². The van der Waals surface area contributed by atoms with Gasteiger partial charge in [0.05, 0.1) is 5.69 Å². The van der Waals surface area contributed by atoms with Gasteiger partial charge < -0.3 is 10.5 Å². The highest BCUT2D eigenvalue weighted by Gasteiger charge is 2.32. The Morgan fingerprint density at radius 1 is 1.29 bits per heavy atom. The number of halogens is 4. The Labute approximate surface area is 77.3 Å². The maximum atomic E-state index is 12.8. The molecule has 0 radical (unpaired) electrons. The van der Waals surface area contributed by atoms with Gasteiger partial charge in [0.1, 0.15) is 11.6 Å². The molecule has 1 aromatic rings. The Morgan fingerprint density at radius 2 is 1.86 bits per heavy atom. The Kier molecular flexibility index (Phi) is 2.55. The van der Waals surface area contributed by atoms with Crippen LogP contribution in [0.1, 0.15) is 5.56 Å². The highest BCUT2D eigenvalue weighted by Crippen LogP contribution is 2.28. The topological polar surface area (TPSA) is 35.2 Å². The molecular formula is C8H7F4NO. The number of aryl methyl sites for hydroxylation is 1. The Hall–Kier alpha value is -1.46. The van der Waals surface area contributed by atoms with Gasteiger partial charge in [0, 0.05) is 6.07 Å². The SMILES string of the molecule is Cc1cc(N)c(F)cc1OC(F)(F)F. The van der Waals surface area contributed by atoms with Crippen molar-refractivity contribution in [1.29, 1.82) is 0 Å². The Morgan fingerprint density at radius 3 is 2.36 bits per heavy atom. The van der Waals surface area contributed by atoms with Gasteiger partial charge in [0.2, 0.25) is 0 Å². The summed E-state index contributed by atoms with van der Waals surface area (Å²) in [5.41, 5.74) is 5.06. The fourth-order valence-corrected chi connectivity index (χ4v) is 0.920. The molecule has 0 bridgehead atoms. The van der Waals surface area contributed by atoms with E-state index in [0.29, 0.717) is 6.07 Å². The van der Waals surface area contributed by atoms with Crippen LogP contribution in [0.4, 0.5) is 23.2 Å². The third-order valence-electron chi connectivity index (χ3n) is 1.52. The second-order valence-corrected chi connectivity index (χ2v) is 2.69. The molecule has 78 valence electrons. The standard InChI is InChI=1S/C8H7F4NO/c1-4-2-6(13)5(9)3-7(4)14-8(10,11)12/h2-3H,13H2,1H3. The molecule has 0 aliphatic rings. The van der Waals surface area contributed by atoms with Crippen LogP contribution in [0.25, 0.3) is 0 Å². The predicted molar refractivity (Wildman–Crippen MR) is 42.2 cm³/mol. The fourth-order valence-electron chi connectivity index (χ4n) is 0.920. The van der Waals surface area contributed by atoms with Crippen molar-refractivity contribution in [3.63, 3.8) is 0 Å². The van der Waals surface area contributed by atoms with Crippen LogP contribution in [0.15, 0.2) is 12.1 Å². The Balaban J connectivity index is 3.04. The van der Waals surface area contributed by atoms with Crippen molar-refractivity contribution in [3.8, 4) is 5.75 Å². The zero-order valence-electron chi connectivity index (χ0n) is 7.15. The van der Waals surface area contributed by atoms with Crippen LogP contribution in [0, 0.1) is 12.7 Å². The summed E-state index contributed by atoms with van der Waals surface area (Å²) in [5.74, 6) is -1.51. The van der Waals surface area contributed by atoms with E-state index in [9.17, 15) is 17.6 Å². The number of hydrogen-bond donors (Lipinski definition) is 1. The van der Waals surface area contributed by atoms with E-state index in [0.717, 1.165) is 6.07 Å². The van der Waals surface area contributed by atoms with Gasteiger partial charge in [-0.25, -0.2) is 4.39 Å². The van der Waals surface area contributed by atoms with Crippen molar-refractivity contribution >= 4 is 5.69 Å². The first-order valence-corrected chi connectivity index (χ1v) is 3.61. The van der Waals surface area contributed by atoms with Crippen LogP contribution in [-0.2, 0) is 0 Å². The Bertz CT molecular complexity index is 348. The van der Waals surface area contributed by atoms with Crippen LogP contribution in [0.3, 0.4) is 0 Å². The number of alkyl halides is 3. The van der Waals surface area contributed by atoms with Crippen molar-refractivity contribution in [2.45, 2.75) is 13.3 Å². The minimum atomic E-state index is -4.83. The summed E-state index contributed by atoms with van der Waals surface area (Å²) in [6.07, 6.45) is -4.83. The number of nitrogen functional groups attached to an aromatic ring is 1. The summed E-state index contributed by atoms with van der Waals surface area (Å²) in [6.45, 7) is 1.34. The number of anilines is 1. The van der Waals surface area contributed by atoms with Crippen LogP contribution in [-0.4, -0.2) is 6.36 Å². The van der Waals surface area contributed by atoms with Gasteiger partial charge in [-0.05, 0) is 18.6 Å². The number of nitrogens with two attached hydrogens (primary N) is 1. The molecule has 0 amide bonds. The van der Waals surface area contributed by atoms with Crippen LogP contribution in [0.5, 0.6) is 5.75 Å². The lowest BCUT2D eigenvalue weighted by molar-refractivity contribution is -0.274. The predicted octanol–water partition coefficient (Wildman–Crippen LogP) is 2.61. The molecule has 0 aromatic heterocycles. The third kappa shape index (κ3) is 2.51. The van der Waals surface area contributed by atoms with Gasteiger partial charge in [0.15, 0.2) is 0 Å². The molecule has 0 unspecified atom stereocenters. The number of benzene rings is 1. The third-order valence-corrected chi connectivity index (χ3v) is 1.52. The van der Waals surface area contributed by atoms with Crippen molar-refractivity contribution in [2.24, 2.45) is 0 Å². The molecule has 0 saturated heterocycles. The number of ether oxygens (including phenoxy) is 1. The molecule has 0 saturated carbocycles. The second kappa shape index (κ2) is 3.36. The van der Waals surface area contributed by atoms with Gasteiger partial charge in [-0.3, -0.25) is 0 Å². The molecule has 1 rings (SSSR count). The molecule has 1 aromatic carbocycles. The normalized spacial score (nSPS) is 11.5. The van der Waals surface area contributed by atoms with Gasteiger partial charge in [-0.1, -0.05) is 0 Å². The molecule has 0 spiro atoms. The van der Waals surface area contributed by atoms with E-state index < -0.39 is 17.9 Å². The largest absolute Gasteiger partial charge is 0.573 e. The zero-order chi connectivity index (χ0) is 10.9. The molecule has 2 N–H and O–H groups in total. The molecule has 14 heavy (non-hydrogen) atoms. The molecular weight excluding hydrogens is 202 g/mol.